The topological polar surface area (TPSA) is 56.5 Å². The summed E-state index contributed by atoms with van der Waals surface area (Å²) in [6.45, 7) is 2.59. The Morgan fingerprint density at radius 3 is 2.43 bits per heavy atom. The van der Waals surface area contributed by atoms with Crippen LogP contribution in [-0.4, -0.2) is 46.2 Å². The van der Waals surface area contributed by atoms with Gasteiger partial charge in [-0.3, -0.25) is 0 Å². The molecule has 2 aromatic rings. The second-order valence-corrected chi connectivity index (χ2v) is 10.5. The lowest BCUT2D eigenvalue weighted by atomic mass is 9.54. The van der Waals surface area contributed by atoms with Crippen molar-refractivity contribution in [3.05, 3.63) is 30.1 Å². The summed E-state index contributed by atoms with van der Waals surface area (Å²) in [5, 5.41) is 11.0. The zero-order chi connectivity index (χ0) is 20.1. The Morgan fingerprint density at radius 1 is 1.07 bits per heavy atom. The molecule has 0 spiro atoms. The molecule has 0 radical (unpaired) electrons. The third kappa shape index (κ3) is 3.49. The summed E-state index contributed by atoms with van der Waals surface area (Å²) in [5.41, 5.74) is 2.19. The number of aliphatic hydroxyl groups excluding tert-OH is 1. The van der Waals surface area contributed by atoms with Gasteiger partial charge in [0, 0.05) is 19.1 Å². The van der Waals surface area contributed by atoms with Gasteiger partial charge in [0.25, 0.3) is 0 Å². The highest BCUT2D eigenvalue weighted by Crippen LogP contribution is 2.57. The van der Waals surface area contributed by atoms with Crippen molar-refractivity contribution >= 4 is 11.0 Å². The molecule has 1 unspecified atom stereocenters. The molecule has 7 rings (SSSR count). The maximum absolute atomic E-state index is 11.0. The molecule has 1 aliphatic heterocycles. The van der Waals surface area contributed by atoms with Gasteiger partial charge in [-0.2, -0.15) is 0 Å². The molecular formula is C25H34N2O3. The van der Waals surface area contributed by atoms with Gasteiger partial charge in [0.05, 0.1) is 35.9 Å². The summed E-state index contributed by atoms with van der Waals surface area (Å²) in [7, 11) is 0. The SMILES string of the molecule is OC(COC12CC3CC(CC(C3)C1)C2)Cn1c(C2CCOCC2)nc2ccccc21. The van der Waals surface area contributed by atoms with Crippen LogP contribution in [0.4, 0.5) is 0 Å². The smallest absolute Gasteiger partial charge is 0.113 e. The van der Waals surface area contributed by atoms with E-state index in [-0.39, 0.29) is 5.60 Å². The number of hydrogen-bond acceptors (Lipinski definition) is 4. The van der Waals surface area contributed by atoms with Crippen molar-refractivity contribution in [2.75, 3.05) is 19.8 Å². The molecule has 30 heavy (non-hydrogen) atoms. The molecule has 0 amide bonds. The summed E-state index contributed by atoms with van der Waals surface area (Å²) in [6.07, 6.45) is 9.40. The molecule has 1 saturated heterocycles. The molecule has 1 aromatic heterocycles. The zero-order valence-electron chi connectivity index (χ0n) is 17.8. The third-order valence-corrected chi connectivity index (χ3v) is 8.23. The Kier molecular flexibility index (Phi) is 4.89. The Balaban J connectivity index is 1.19. The van der Waals surface area contributed by atoms with Gasteiger partial charge in [0.1, 0.15) is 5.82 Å². The number of para-hydroxylation sites is 2. The van der Waals surface area contributed by atoms with E-state index in [1.807, 2.05) is 6.07 Å². The van der Waals surface area contributed by atoms with E-state index in [0.29, 0.717) is 19.1 Å². The van der Waals surface area contributed by atoms with E-state index in [0.717, 1.165) is 60.7 Å². The molecular weight excluding hydrogens is 376 g/mol. The molecule has 4 aliphatic carbocycles. The number of ether oxygens (including phenoxy) is 2. The lowest BCUT2D eigenvalue weighted by Gasteiger charge is -2.56. The van der Waals surface area contributed by atoms with E-state index < -0.39 is 6.10 Å². The monoisotopic (exact) mass is 410 g/mol. The highest BCUT2D eigenvalue weighted by atomic mass is 16.5. The largest absolute Gasteiger partial charge is 0.389 e. The van der Waals surface area contributed by atoms with Gasteiger partial charge in [0.2, 0.25) is 0 Å². The van der Waals surface area contributed by atoms with Crippen LogP contribution in [0.25, 0.3) is 11.0 Å². The van der Waals surface area contributed by atoms with Gasteiger partial charge >= 0.3 is 0 Å². The minimum Gasteiger partial charge on any atom is -0.389 e. The van der Waals surface area contributed by atoms with Crippen LogP contribution >= 0.6 is 0 Å². The number of imidazole rings is 1. The van der Waals surface area contributed by atoms with Crippen LogP contribution in [0.15, 0.2) is 24.3 Å². The van der Waals surface area contributed by atoms with Crippen LogP contribution in [0.5, 0.6) is 0 Å². The number of benzene rings is 1. The second-order valence-electron chi connectivity index (χ2n) is 10.5. The first kappa shape index (κ1) is 19.3. The second kappa shape index (κ2) is 7.61. The molecule has 5 aliphatic rings. The van der Waals surface area contributed by atoms with Gasteiger partial charge in [-0.15, -0.1) is 0 Å². The quantitative estimate of drug-likeness (QED) is 0.772. The molecule has 4 bridgehead atoms. The fourth-order valence-electron chi connectivity index (χ4n) is 7.30. The molecule has 162 valence electrons. The summed E-state index contributed by atoms with van der Waals surface area (Å²) >= 11 is 0. The normalized spacial score (nSPS) is 34.6. The van der Waals surface area contributed by atoms with Gasteiger partial charge in [-0.1, -0.05) is 12.1 Å². The van der Waals surface area contributed by atoms with Gasteiger partial charge < -0.3 is 19.1 Å². The number of fused-ring (bicyclic) bond motifs is 1. The minimum absolute atomic E-state index is 0.0519. The molecule has 5 nitrogen and oxygen atoms in total. The molecule has 5 heteroatoms. The zero-order valence-corrected chi connectivity index (χ0v) is 17.8. The van der Waals surface area contributed by atoms with Crippen molar-refractivity contribution in [2.24, 2.45) is 17.8 Å². The molecule has 1 aromatic carbocycles. The van der Waals surface area contributed by atoms with Crippen molar-refractivity contribution in [1.29, 1.82) is 0 Å². The average molecular weight is 411 g/mol. The van der Waals surface area contributed by atoms with E-state index in [9.17, 15) is 5.11 Å². The Morgan fingerprint density at radius 2 is 1.73 bits per heavy atom. The lowest BCUT2D eigenvalue weighted by Crippen LogP contribution is -2.52. The van der Waals surface area contributed by atoms with Crippen LogP contribution in [0, 0.1) is 17.8 Å². The fourth-order valence-corrected chi connectivity index (χ4v) is 7.30. The third-order valence-electron chi connectivity index (χ3n) is 8.23. The van der Waals surface area contributed by atoms with Crippen molar-refractivity contribution in [1.82, 2.24) is 9.55 Å². The highest BCUT2D eigenvalue weighted by Gasteiger charge is 2.51. The lowest BCUT2D eigenvalue weighted by molar-refractivity contribution is -0.175. The van der Waals surface area contributed by atoms with Gasteiger partial charge in [-0.05, 0) is 81.3 Å². The van der Waals surface area contributed by atoms with Gasteiger partial charge in [0.15, 0.2) is 0 Å². The van der Waals surface area contributed by atoms with E-state index in [1.165, 1.54) is 38.5 Å². The van der Waals surface area contributed by atoms with E-state index in [2.05, 4.69) is 22.8 Å². The van der Waals surface area contributed by atoms with E-state index >= 15 is 0 Å². The Labute approximate surface area is 178 Å². The van der Waals surface area contributed by atoms with Crippen LogP contribution in [0.3, 0.4) is 0 Å². The van der Waals surface area contributed by atoms with Crippen molar-refractivity contribution in [2.45, 2.75) is 75.5 Å². The maximum Gasteiger partial charge on any atom is 0.113 e. The highest BCUT2D eigenvalue weighted by molar-refractivity contribution is 5.76. The predicted octanol–water partition coefficient (Wildman–Crippen LogP) is 4.28. The van der Waals surface area contributed by atoms with Crippen LogP contribution < -0.4 is 0 Å². The summed E-state index contributed by atoms with van der Waals surface area (Å²) < 4.78 is 14.4. The van der Waals surface area contributed by atoms with Crippen molar-refractivity contribution < 1.29 is 14.6 Å². The average Bonchev–Trinajstić information content (AvgIpc) is 3.11. The molecule has 2 heterocycles. The summed E-state index contributed by atoms with van der Waals surface area (Å²) in [4.78, 5) is 4.96. The number of nitrogens with zero attached hydrogens (tertiary/aromatic N) is 2. The molecule has 1 atom stereocenters. The number of aromatic nitrogens is 2. The van der Waals surface area contributed by atoms with Crippen LogP contribution in [0.2, 0.25) is 0 Å². The standard InChI is InChI=1S/C25H34N2O3/c28-21(16-30-25-12-17-9-18(13-25)11-19(10-17)14-25)15-27-23-4-2-1-3-22(23)26-24(27)20-5-7-29-8-6-20/h1-4,17-21,28H,5-16H2. The summed E-state index contributed by atoms with van der Waals surface area (Å²) in [5.74, 6) is 4.11. The fraction of sp³-hybridized carbons (Fsp3) is 0.720. The first-order chi connectivity index (χ1) is 14.7. The van der Waals surface area contributed by atoms with Crippen LogP contribution in [-0.2, 0) is 16.0 Å². The predicted molar refractivity (Wildman–Crippen MR) is 115 cm³/mol. The van der Waals surface area contributed by atoms with E-state index in [4.69, 9.17) is 14.5 Å². The molecule has 4 saturated carbocycles. The minimum atomic E-state index is -0.505. The first-order valence-corrected chi connectivity index (χ1v) is 12.0. The van der Waals surface area contributed by atoms with Crippen LogP contribution in [0.1, 0.15) is 63.1 Å². The van der Waals surface area contributed by atoms with Gasteiger partial charge in [-0.25, -0.2) is 4.98 Å². The van der Waals surface area contributed by atoms with Crippen molar-refractivity contribution in [3.63, 3.8) is 0 Å². The molecule has 1 N–H and O–H groups in total. The number of aliphatic hydroxyl groups is 1. The maximum atomic E-state index is 11.0. The molecule has 5 fully saturated rings. The van der Waals surface area contributed by atoms with E-state index in [1.54, 1.807) is 0 Å². The number of rotatable bonds is 6. The summed E-state index contributed by atoms with van der Waals surface area (Å²) in [6, 6.07) is 8.30. The number of hydrogen-bond donors (Lipinski definition) is 1. The Hall–Kier alpha value is -1.43. The first-order valence-electron chi connectivity index (χ1n) is 12.0. The van der Waals surface area contributed by atoms with Crippen molar-refractivity contribution in [3.8, 4) is 0 Å². The Bertz CT molecular complexity index is 866.